The van der Waals surface area contributed by atoms with Crippen LogP contribution >= 0.6 is 0 Å². The lowest BCUT2D eigenvalue weighted by atomic mass is 10.1. The van der Waals surface area contributed by atoms with Gasteiger partial charge in [0, 0.05) is 12.1 Å². The average molecular weight is 249 g/mol. The Morgan fingerprint density at radius 3 is 2.68 bits per heavy atom. The van der Waals surface area contributed by atoms with Gasteiger partial charge in [0.15, 0.2) is 0 Å². The topological polar surface area (TPSA) is 37.8 Å². The number of nitrogens with zero attached hydrogens (tertiary/aromatic N) is 2. The first-order valence-corrected chi connectivity index (χ1v) is 6.42. The van der Waals surface area contributed by atoms with E-state index in [-0.39, 0.29) is 0 Å². The minimum absolute atomic E-state index is 0.813. The SMILES string of the molecule is CCNc1cncc(-c2ccc3ccccc3c2)n1. The van der Waals surface area contributed by atoms with Gasteiger partial charge in [-0.05, 0) is 23.8 Å². The Labute approximate surface area is 112 Å². The zero-order valence-electron chi connectivity index (χ0n) is 10.8. The highest BCUT2D eigenvalue weighted by atomic mass is 15.0. The van der Waals surface area contributed by atoms with Crippen LogP contribution in [0.15, 0.2) is 54.9 Å². The minimum atomic E-state index is 0.813. The quantitative estimate of drug-likeness (QED) is 0.768. The van der Waals surface area contributed by atoms with E-state index in [4.69, 9.17) is 0 Å². The molecular weight excluding hydrogens is 234 g/mol. The van der Waals surface area contributed by atoms with Crippen molar-refractivity contribution in [3.05, 3.63) is 54.9 Å². The van der Waals surface area contributed by atoms with E-state index >= 15 is 0 Å². The van der Waals surface area contributed by atoms with Gasteiger partial charge in [-0.3, -0.25) is 4.98 Å². The molecule has 0 radical (unpaired) electrons. The summed E-state index contributed by atoms with van der Waals surface area (Å²) in [6.07, 6.45) is 3.54. The van der Waals surface area contributed by atoms with Crippen LogP contribution in [-0.4, -0.2) is 16.5 Å². The van der Waals surface area contributed by atoms with Gasteiger partial charge in [0.1, 0.15) is 5.82 Å². The van der Waals surface area contributed by atoms with Crippen molar-refractivity contribution < 1.29 is 0 Å². The number of rotatable bonds is 3. The van der Waals surface area contributed by atoms with Crippen LogP contribution in [0.4, 0.5) is 5.82 Å². The van der Waals surface area contributed by atoms with Crippen molar-refractivity contribution in [3.8, 4) is 11.3 Å². The van der Waals surface area contributed by atoms with E-state index in [1.54, 1.807) is 12.4 Å². The predicted octanol–water partition coefficient (Wildman–Crippen LogP) is 3.73. The van der Waals surface area contributed by atoms with Crippen molar-refractivity contribution in [1.29, 1.82) is 0 Å². The molecule has 0 saturated heterocycles. The van der Waals surface area contributed by atoms with E-state index in [1.807, 2.05) is 19.1 Å². The van der Waals surface area contributed by atoms with E-state index in [2.05, 4.69) is 45.6 Å². The van der Waals surface area contributed by atoms with Crippen molar-refractivity contribution in [2.45, 2.75) is 6.92 Å². The zero-order valence-corrected chi connectivity index (χ0v) is 10.8. The Morgan fingerprint density at radius 2 is 1.84 bits per heavy atom. The lowest BCUT2D eigenvalue weighted by Crippen LogP contribution is -2.00. The molecule has 3 aromatic rings. The summed E-state index contributed by atoms with van der Waals surface area (Å²) in [6, 6.07) is 14.7. The molecule has 19 heavy (non-hydrogen) atoms. The Morgan fingerprint density at radius 1 is 1.00 bits per heavy atom. The van der Waals surface area contributed by atoms with Crippen molar-refractivity contribution in [2.75, 3.05) is 11.9 Å². The Hall–Kier alpha value is -2.42. The standard InChI is InChI=1S/C16H15N3/c1-2-18-16-11-17-10-15(19-16)14-8-7-12-5-3-4-6-13(12)9-14/h3-11H,2H2,1H3,(H,18,19). The molecule has 1 N–H and O–H groups in total. The second kappa shape index (κ2) is 5.06. The number of benzene rings is 2. The number of nitrogens with one attached hydrogen (secondary N) is 1. The van der Waals surface area contributed by atoms with Crippen LogP contribution in [0.3, 0.4) is 0 Å². The van der Waals surface area contributed by atoms with Crippen molar-refractivity contribution in [2.24, 2.45) is 0 Å². The van der Waals surface area contributed by atoms with Gasteiger partial charge in [-0.25, -0.2) is 4.98 Å². The second-order valence-corrected chi connectivity index (χ2v) is 4.38. The number of hydrogen-bond donors (Lipinski definition) is 1. The van der Waals surface area contributed by atoms with Gasteiger partial charge in [-0.1, -0.05) is 36.4 Å². The Bertz CT molecular complexity index is 707. The fraction of sp³-hybridized carbons (Fsp3) is 0.125. The molecule has 1 aromatic heterocycles. The molecule has 3 nitrogen and oxygen atoms in total. The molecule has 0 aliphatic rings. The third-order valence-electron chi connectivity index (χ3n) is 3.04. The molecule has 3 rings (SSSR count). The summed E-state index contributed by atoms with van der Waals surface area (Å²) < 4.78 is 0. The average Bonchev–Trinajstić information content (AvgIpc) is 2.47. The van der Waals surface area contributed by atoms with Crippen molar-refractivity contribution in [3.63, 3.8) is 0 Å². The van der Waals surface area contributed by atoms with E-state index < -0.39 is 0 Å². The van der Waals surface area contributed by atoms with E-state index in [0.29, 0.717) is 0 Å². The number of aromatic nitrogens is 2. The molecule has 0 bridgehead atoms. The molecular formula is C16H15N3. The van der Waals surface area contributed by atoms with Crippen molar-refractivity contribution >= 4 is 16.6 Å². The lowest BCUT2D eigenvalue weighted by molar-refractivity contribution is 1.12. The fourth-order valence-electron chi connectivity index (χ4n) is 2.12. The van der Waals surface area contributed by atoms with Gasteiger partial charge in [-0.2, -0.15) is 0 Å². The highest BCUT2D eigenvalue weighted by Gasteiger charge is 2.02. The molecule has 0 atom stereocenters. The smallest absolute Gasteiger partial charge is 0.145 e. The van der Waals surface area contributed by atoms with Gasteiger partial charge >= 0.3 is 0 Å². The third-order valence-corrected chi connectivity index (χ3v) is 3.04. The van der Waals surface area contributed by atoms with Gasteiger partial charge in [-0.15, -0.1) is 0 Å². The maximum absolute atomic E-state index is 4.57. The van der Waals surface area contributed by atoms with Crippen LogP contribution in [0.5, 0.6) is 0 Å². The molecule has 0 aliphatic carbocycles. The summed E-state index contributed by atoms with van der Waals surface area (Å²) in [4.78, 5) is 8.80. The second-order valence-electron chi connectivity index (χ2n) is 4.38. The van der Waals surface area contributed by atoms with Crippen LogP contribution in [0, 0.1) is 0 Å². The maximum Gasteiger partial charge on any atom is 0.145 e. The van der Waals surface area contributed by atoms with Gasteiger partial charge in [0.05, 0.1) is 18.1 Å². The summed E-state index contributed by atoms with van der Waals surface area (Å²) >= 11 is 0. The fourth-order valence-corrected chi connectivity index (χ4v) is 2.12. The van der Waals surface area contributed by atoms with Crippen LogP contribution in [0.1, 0.15) is 6.92 Å². The van der Waals surface area contributed by atoms with E-state index in [1.165, 1.54) is 10.8 Å². The van der Waals surface area contributed by atoms with Crippen LogP contribution in [0.25, 0.3) is 22.0 Å². The van der Waals surface area contributed by atoms with Crippen LogP contribution < -0.4 is 5.32 Å². The van der Waals surface area contributed by atoms with Gasteiger partial charge in [0.2, 0.25) is 0 Å². The summed E-state index contributed by atoms with van der Waals surface area (Å²) in [5, 5.41) is 5.64. The van der Waals surface area contributed by atoms with E-state index in [9.17, 15) is 0 Å². The van der Waals surface area contributed by atoms with Crippen molar-refractivity contribution in [1.82, 2.24) is 9.97 Å². The molecule has 0 saturated carbocycles. The highest BCUT2D eigenvalue weighted by molar-refractivity contribution is 5.86. The number of fused-ring (bicyclic) bond motifs is 1. The minimum Gasteiger partial charge on any atom is -0.369 e. The van der Waals surface area contributed by atoms with Gasteiger partial charge < -0.3 is 5.32 Å². The highest BCUT2D eigenvalue weighted by Crippen LogP contribution is 2.23. The van der Waals surface area contributed by atoms with Crippen LogP contribution in [0.2, 0.25) is 0 Å². The Balaban J connectivity index is 2.05. The molecule has 1 heterocycles. The van der Waals surface area contributed by atoms with Gasteiger partial charge in [0.25, 0.3) is 0 Å². The number of anilines is 1. The summed E-state index contributed by atoms with van der Waals surface area (Å²) in [5.41, 5.74) is 1.98. The largest absolute Gasteiger partial charge is 0.369 e. The predicted molar refractivity (Wildman–Crippen MR) is 79.1 cm³/mol. The molecule has 0 unspecified atom stereocenters. The molecule has 2 aromatic carbocycles. The summed E-state index contributed by atoms with van der Waals surface area (Å²) in [6.45, 7) is 2.89. The van der Waals surface area contributed by atoms with Crippen LogP contribution in [-0.2, 0) is 0 Å². The summed E-state index contributed by atoms with van der Waals surface area (Å²) in [7, 11) is 0. The first kappa shape index (κ1) is 11.7. The third kappa shape index (κ3) is 2.40. The lowest BCUT2D eigenvalue weighted by Gasteiger charge is -2.06. The number of hydrogen-bond acceptors (Lipinski definition) is 3. The normalized spacial score (nSPS) is 10.6. The first-order chi connectivity index (χ1) is 9.36. The Kier molecular flexibility index (Phi) is 3.11. The molecule has 0 aliphatic heterocycles. The summed E-state index contributed by atoms with van der Waals surface area (Å²) in [5.74, 6) is 0.813. The maximum atomic E-state index is 4.57. The molecule has 3 heteroatoms. The monoisotopic (exact) mass is 249 g/mol. The van der Waals surface area contributed by atoms with E-state index in [0.717, 1.165) is 23.6 Å². The molecule has 0 amide bonds. The zero-order chi connectivity index (χ0) is 13.1. The first-order valence-electron chi connectivity index (χ1n) is 6.42. The molecule has 94 valence electrons. The molecule has 0 spiro atoms. The molecule has 0 fully saturated rings.